The molecule has 150 valence electrons. The molecule has 29 heavy (non-hydrogen) atoms. The van der Waals surface area contributed by atoms with Crippen LogP contribution in [0.4, 0.5) is 5.69 Å². The maximum Gasteiger partial charge on any atom is 0.225 e. The fourth-order valence-electron chi connectivity index (χ4n) is 5.16. The minimum absolute atomic E-state index is 0.0459. The van der Waals surface area contributed by atoms with Crippen LogP contribution in [0.3, 0.4) is 0 Å². The highest BCUT2D eigenvalue weighted by Crippen LogP contribution is 2.57. The zero-order chi connectivity index (χ0) is 20.0. The number of fused-ring (bicyclic) bond motifs is 1. The second kappa shape index (κ2) is 7.00. The first-order chi connectivity index (χ1) is 14.1. The van der Waals surface area contributed by atoms with E-state index in [0.717, 1.165) is 68.5 Å². The van der Waals surface area contributed by atoms with Gasteiger partial charge in [-0.3, -0.25) is 9.78 Å². The van der Waals surface area contributed by atoms with E-state index < -0.39 is 0 Å². The molecule has 1 amide bonds. The van der Waals surface area contributed by atoms with E-state index in [9.17, 15) is 10.1 Å². The summed E-state index contributed by atoms with van der Waals surface area (Å²) in [6, 6.07) is 10.4. The monoisotopic (exact) mass is 389 g/mol. The molecule has 1 aromatic carbocycles. The third kappa shape index (κ3) is 3.24. The van der Waals surface area contributed by atoms with Crippen molar-refractivity contribution in [3.05, 3.63) is 36.0 Å². The van der Waals surface area contributed by atoms with Crippen molar-refractivity contribution in [2.45, 2.75) is 31.7 Å². The lowest BCUT2D eigenvalue weighted by atomic mass is 9.91. The number of aromatic nitrogens is 1. The van der Waals surface area contributed by atoms with E-state index in [2.05, 4.69) is 33.2 Å². The molecule has 1 saturated carbocycles. The zero-order valence-electron chi connectivity index (χ0n) is 16.9. The molecule has 0 bridgehead atoms. The third-order valence-corrected chi connectivity index (χ3v) is 7.13. The molecule has 1 unspecified atom stereocenters. The molecule has 6 nitrogen and oxygen atoms in total. The van der Waals surface area contributed by atoms with Crippen molar-refractivity contribution in [3.63, 3.8) is 0 Å². The smallest absolute Gasteiger partial charge is 0.225 e. The first kappa shape index (κ1) is 18.4. The van der Waals surface area contributed by atoms with Crippen molar-refractivity contribution in [2.75, 3.05) is 38.1 Å². The first-order valence-electron chi connectivity index (χ1n) is 10.6. The highest BCUT2D eigenvalue weighted by molar-refractivity contribution is 5.96. The van der Waals surface area contributed by atoms with Gasteiger partial charge in [0, 0.05) is 41.8 Å². The summed E-state index contributed by atoms with van der Waals surface area (Å²) < 4.78 is 0. The van der Waals surface area contributed by atoms with Gasteiger partial charge in [-0.15, -0.1) is 0 Å². The van der Waals surface area contributed by atoms with Gasteiger partial charge in [-0.2, -0.15) is 5.26 Å². The van der Waals surface area contributed by atoms with Gasteiger partial charge in [0.1, 0.15) is 6.07 Å². The molecule has 2 aliphatic heterocycles. The fourth-order valence-corrected chi connectivity index (χ4v) is 5.16. The summed E-state index contributed by atoms with van der Waals surface area (Å²) in [4.78, 5) is 22.3. The van der Waals surface area contributed by atoms with Crippen molar-refractivity contribution < 1.29 is 4.79 Å². The van der Waals surface area contributed by atoms with Crippen LogP contribution in [0.15, 0.2) is 30.5 Å². The van der Waals surface area contributed by atoms with E-state index in [1.807, 2.05) is 24.3 Å². The van der Waals surface area contributed by atoms with Crippen LogP contribution >= 0.6 is 0 Å². The summed E-state index contributed by atoms with van der Waals surface area (Å²) >= 11 is 0. The quantitative estimate of drug-likeness (QED) is 0.873. The number of carbonyl (C=O) groups is 1. The summed E-state index contributed by atoms with van der Waals surface area (Å²) in [5.74, 6) is 0.278. The Kier molecular flexibility index (Phi) is 4.44. The highest BCUT2D eigenvalue weighted by Gasteiger charge is 2.58. The van der Waals surface area contributed by atoms with Crippen molar-refractivity contribution in [1.29, 1.82) is 5.26 Å². The van der Waals surface area contributed by atoms with Gasteiger partial charge in [0.25, 0.3) is 0 Å². The minimum atomic E-state index is 0.0459. The van der Waals surface area contributed by atoms with Crippen LogP contribution in [0.5, 0.6) is 0 Å². The maximum absolute atomic E-state index is 13.2. The molecule has 1 spiro atoms. The Bertz CT molecular complexity index is 984. The molecule has 2 aromatic rings. The Morgan fingerprint density at radius 2 is 2.07 bits per heavy atom. The Labute approximate surface area is 171 Å². The summed E-state index contributed by atoms with van der Waals surface area (Å²) in [5, 5.41) is 13.8. The molecule has 2 saturated heterocycles. The Hall–Kier alpha value is -2.65. The number of rotatable bonds is 3. The number of anilines is 1. The number of hydrogen-bond donors (Lipinski definition) is 1. The lowest BCUT2D eigenvalue weighted by molar-refractivity contribution is -0.126. The van der Waals surface area contributed by atoms with Gasteiger partial charge in [0.15, 0.2) is 0 Å². The predicted octanol–water partition coefficient (Wildman–Crippen LogP) is 2.53. The molecule has 1 aromatic heterocycles. The van der Waals surface area contributed by atoms with Crippen LogP contribution in [-0.4, -0.2) is 55.1 Å². The Morgan fingerprint density at radius 1 is 1.28 bits per heavy atom. The number of hydrogen-bond acceptors (Lipinski definition) is 5. The Morgan fingerprint density at radius 3 is 2.79 bits per heavy atom. The number of carbonyl (C=O) groups excluding carboxylic acids is 1. The molecular weight excluding hydrogens is 362 g/mol. The first-order valence-corrected chi connectivity index (χ1v) is 10.6. The van der Waals surface area contributed by atoms with Crippen molar-refractivity contribution >= 4 is 22.5 Å². The molecule has 1 aliphatic carbocycles. The number of benzene rings is 1. The number of pyridine rings is 1. The van der Waals surface area contributed by atoms with Crippen LogP contribution in [0, 0.1) is 22.7 Å². The molecule has 5 rings (SSSR count). The average Bonchev–Trinajstić information content (AvgIpc) is 3.41. The minimum Gasteiger partial charge on any atom is -0.370 e. The average molecular weight is 390 g/mol. The fraction of sp³-hybridized carbons (Fsp3) is 0.522. The van der Waals surface area contributed by atoms with Crippen molar-refractivity contribution in [2.24, 2.45) is 11.3 Å². The number of piperidine rings is 1. The van der Waals surface area contributed by atoms with Gasteiger partial charge in [0.2, 0.25) is 5.91 Å². The van der Waals surface area contributed by atoms with E-state index in [4.69, 9.17) is 0 Å². The van der Waals surface area contributed by atoms with Gasteiger partial charge in [-0.25, -0.2) is 0 Å². The molecule has 1 N–H and O–H groups in total. The van der Waals surface area contributed by atoms with Crippen LogP contribution in [0.25, 0.3) is 10.9 Å². The van der Waals surface area contributed by atoms with Gasteiger partial charge in [-0.1, -0.05) is 0 Å². The standard InChI is InChI=1S/C23H27N5O/c1-27-11-6-17(7-12-27)26-22(29)19-14-28(15-23(19)8-9-23)20-5-4-16(13-24)21-18(20)3-2-10-25-21/h2-5,10,17,19H,6-9,11-12,14-15H2,1H3,(H,26,29). The number of nitrogens with one attached hydrogen (secondary N) is 1. The zero-order valence-corrected chi connectivity index (χ0v) is 16.9. The number of nitriles is 1. The number of likely N-dealkylation sites (tertiary alicyclic amines) is 1. The molecular formula is C23H27N5O. The van der Waals surface area contributed by atoms with Crippen LogP contribution < -0.4 is 10.2 Å². The maximum atomic E-state index is 13.2. The topological polar surface area (TPSA) is 72.3 Å². The lowest BCUT2D eigenvalue weighted by Gasteiger charge is -2.30. The van der Waals surface area contributed by atoms with Crippen molar-refractivity contribution in [3.8, 4) is 6.07 Å². The van der Waals surface area contributed by atoms with E-state index in [1.165, 1.54) is 0 Å². The predicted molar refractivity (Wildman–Crippen MR) is 112 cm³/mol. The molecule has 3 fully saturated rings. The highest BCUT2D eigenvalue weighted by atomic mass is 16.2. The molecule has 3 heterocycles. The van der Waals surface area contributed by atoms with Gasteiger partial charge in [-0.05, 0) is 70.1 Å². The van der Waals surface area contributed by atoms with E-state index in [0.29, 0.717) is 11.6 Å². The SMILES string of the molecule is CN1CCC(NC(=O)C2CN(c3ccc(C#N)c4ncccc34)CC23CC3)CC1. The van der Waals surface area contributed by atoms with E-state index in [1.54, 1.807) is 6.20 Å². The largest absolute Gasteiger partial charge is 0.370 e. The summed E-state index contributed by atoms with van der Waals surface area (Å²) in [6.45, 7) is 3.76. The number of amides is 1. The normalized spacial score (nSPS) is 24.0. The van der Waals surface area contributed by atoms with Crippen LogP contribution in [-0.2, 0) is 4.79 Å². The lowest BCUT2D eigenvalue weighted by Crippen LogP contribution is -2.46. The van der Waals surface area contributed by atoms with E-state index in [-0.39, 0.29) is 17.2 Å². The molecule has 0 radical (unpaired) electrons. The molecule has 6 heteroatoms. The second-order valence-corrected chi connectivity index (χ2v) is 9.03. The summed E-state index contributed by atoms with van der Waals surface area (Å²) in [7, 11) is 2.14. The Balaban J connectivity index is 1.38. The van der Waals surface area contributed by atoms with Gasteiger partial charge < -0.3 is 15.1 Å². The molecule has 1 atom stereocenters. The van der Waals surface area contributed by atoms with Crippen LogP contribution in [0.2, 0.25) is 0 Å². The van der Waals surface area contributed by atoms with Crippen molar-refractivity contribution in [1.82, 2.24) is 15.2 Å². The van der Waals surface area contributed by atoms with Gasteiger partial charge >= 0.3 is 0 Å². The number of nitrogens with zero attached hydrogens (tertiary/aromatic N) is 4. The third-order valence-electron chi connectivity index (χ3n) is 7.13. The molecule has 3 aliphatic rings. The van der Waals surface area contributed by atoms with Crippen LogP contribution in [0.1, 0.15) is 31.2 Å². The van der Waals surface area contributed by atoms with Gasteiger partial charge in [0.05, 0.1) is 17.0 Å². The second-order valence-electron chi connectivity index (χ2n) is 9.03. The summed E-state index contributed by atoms with van der Waals surface area (Å²) in [5.41, 5.74) is 2.56. The summed E-state index contributed by atoms with van der Waals surface area (Å²) in [6.07, 6.45) is 6.06. The van der Waals surface area contributed by atoms with E-state index >= 15 is 0 Å².